The number of ether oxygens (including phenoxy) is 1. The molecule has 1 unspecified atom stereocenters. The van der Waals surface area contributed by atoms with Crippen LogP contribution < -0.4 is 5.32 Å². The molecule has 0 bridgehead atoms. The lowest BCUT2D eigenvalue weighted by Gasteiger charge is -2.20. The summed E-state index contributed by atoms with van der Waals surface area (Å²) in [6, 6.07) is 14.1. The van der Waals surface area contributed by atoms with Crippen LogP contribution in [0, 0.1) is 13.8 Å². The van der Waals surface area contributed by atoms with Gasteiger partial charge in [0, 0.05) is 11.1 Å². The summed E-state index contributed by atoms with van der Waals surface area (Å²) in [7, 11) is 0. The van der Waals surface area contributed by atoms with Gasteiger partial charge in [-0.2, -0.15) is 4.98 Å². The highest BCUT2D eigenvalue weighted by molar-refractivity contribution is 5.95. The number of rotatable bonds is 7. The quantitative estimate of drug-likeness (QED) is 0.591. The number of aryl methyl sites for hydroxylation is 2. The first kappa shape index (κ1) is 21.2. The molecule has 1 heterocycles. The van der Waals surface area contributed by atoms with Crippen molar-refractivity contribution in [3.8, 4) is 11.5 Å². The molecule has 0 fully saturated rings. The smallest absolute Gasteiger partial charge is 0.308 e. The number of hydrogen-bond donors (Lipinski definition) is 1. The van der Waals surface area contributed by atoms with Gasteiger partial charge in [-0.1, -0.05) is 35.0 Å². The minimum atomic E-state index is -0.498. The van der Waals surface area contributed by atoms with Crippen LogP contribution in [-0.4, -0.2) is 28.1 Å². The number of nitrogens with zero attached hydrogens (tertiary/aromatic N) is 2. The molecule has 30 heavy (non-hydrogen) atoms. The van der Waals surface area contributed by atoms with E-state index in [0.29, 0.717) is 17.3 Å². The van der Waals surface area contributed by atoms with Gasteiger partial charge in [-0.25, -0.2) is 0 Å². The number of esters is 1. The van der Waals surface area contributed by atoms with Crippen molar-refractivity contribution in [3.63, 3.8) is 0 Å². The highest BCUT2D eigenvalue weighted by Crippen LogP contribution is 2.21. The van der Waals surface area contributed by atoms with Crippen LogP contribution in [0.3, 0.4) is 0 Å². The molecule has 156 valence electrons. The summed E-state index contributed by atoms with van der Waals surface area (Å²) in [5.41, 5.74) is 3.13. The molecular formula is C23H25N3O4. The molecule has 1 aromatic heterocycles. The number of carbonyl (C=O) groups excluding carboxylic acids is 2. The van der Waals surface area contributed by atoms with E-state index in [0.717, 1.165) is 16.7 Å². The first-order valence-electron chi connectivity index (χ1n) is 9.79. The summed E-state index contributed by atoms with van der Waals surface area (Å²) in [6.07, 6.45) is -0.167. The molecule has 1 amide bonds. The number of carbonyl (C=O) groups is 2. The highest BCUT2D eigenvalue weighted by atomic mass is 16.5. The van der Waals surface area contributed by atoms with E-state index in [1.165, 1.54) is 0 Å². The average Bonchev–Trinajstić information content (AvgIpc) is 3.14. The molecule has 0 aliphatic carbocycles. The zero-order valence-electron chi connectivity index (χ0n) is 17.5. The van der Waals surface area contributed by atoms with E-state index in [1.54, 1.807) is 45.0 Å². The Bertz CT molecular complexity index is 1010. The van der Waals surface area contributed by atoms with E-state index in [2.05, 4.69) is 15.5 Å². The van der Waals surface area contributed by atoms with Crippen LogP contribution in [-0.2, 0) is 9.53 Å². The van der Waals surface area contributed by atoms with Gasteiger partial charge in [0.25, 0.3) is 11.8 Å². The Morgan fingerprint density at radius 1 is 1.03 bits per heavy atom. The Morgan fingerprint density at radius 3 is 2.27 bits per heavy atom. The third-order valence-corrected chi connectivity index (χ3v) is 4.44. The molecule has 7 heteroatoms. The number of nitrogens with one attached hydrogen (secondary N) is 1. The van der Waals surface area contributed by atoms with Gasteiger partial charge in [0.1, 0.15) is 0 Å². The largest absolute Gasteiger partial charge is 0.463 e. The minimum Gasteiger partial charge on any atom is -0.463 e. The standard InChI is InChI=1S/C23H25N3O4/c1-14(2)29-21(27)13-20(17-7-5-15(3)6-8-17)25-22(28)18-9-11-19(12-10-18)23-24-16(4)26-30-23/h5-12,14,20H,13H2,1-4H3,(H,25,28). The lowest BCUT2D eigenvalue weighted by Crippen LogP contribution is -2.31. The monoisotopic (exact) mass is 407 g/mol. The molecular weight excluding hydrogens is 382 g/mol. The third kappa shape index (κ3) is 5.53. The van der Waals surface area contributed by atoms with Gasteiger partial charge < -0.3 is 14.6 Å². The Hall–Kier alpha value is -3.48. The molecule has 0 radical (unpaired) electrons. The van der Waals surface area contributed by atoms with Crippen molar-refractivity contribution < 1.29 is 18.8 Å². The van der Waals surface area contributed by atoms with Crippen molar-refractivity contribution in [3.05, 3.63) is 71.0 Å². The zero-order chi connectivity index (χ0) is 21.7. The molecule has 3 aromatic rings. The van der Waals surface area contributed by atoms with Crippen molar-refractivity contribution in [1.29, 1.82) is 0 Å². The average molecular weight is 407 g/mol. The summed E-state index contributed by atoms with van der Waals surface area (Å²) in [6.45, 7) is 7.31. The fraction of sp³-hybridized carbons (Fsp3) is 0.304. The maximum absolute atomic E-state index is 12.8. The van der Waals surface area contributed by atoms with E-state index >= 15 is 0 Å². The number of benzene rings is 2. The Kier molecular flexibility index (Phi) is 6.61. The topological polar surface area (TPSA) is 94.3 Å². The van der Waals surface area contributed by atoms with Crippen LogP contribution in [0.4, 0.5) is 0 Å². The van der Waals surface area contributed by atoms with Gasteiger partial charge in [-0.3, -0.25) is 9.59 Å². The number of hydrogen-bond acceptors (Lipinski definition) is 6. The van der Waals surface area contributed by atoms with E-state index in [1.807, 2.05) is 31.2 Å². The Balaban J connectivity index is 1.76. The second kappa shape index (κ2) is 9.35. The van der Waals surface area contributed by atoms with Crippen molar-refractivity contribution in [2.45, 2.75) is 46.3 Å². The molecule has 7 nitrogen and oxygen atoms in total. The Morgan fingerprint density at radius 2 is 1.70 bits per heavy atom. The van der Waals surface area contributed by atoms with Gasteiger partial charge in [0.15, 0.2) is 5.82 Å². The summed E-state index contributed by atoms with van der Waals surface area (Å²) >= 11 is 0. The normalized spacial score (nSPS) is 11.9. The fourth-order valence-corrected chi connectivity index (χ4v) is 2.95. The van der Waals surface area contributed by atoms with Crippen LogP contribution >= 0.6 is 0 Å². The fourth-order valence-electron chi connectivity index (χ4n) is 2.95. The van der Waals surface area contributed by atoms with Crippen LogP contribution in [0.5, 0.6) is 0 Å². The second-order valence-electron chi connectivity index (χ2n) is 7.40. The molecule has 0 aliphatic heterocycles. The van der Waals surface area contributed by atoms with Crippen LogP contribution in [0.1, 0.15) is 53.6 Å². The predicted octanol–water partition coefficient (Wildman–Crippen LogP) is 4.17. The molecule has 2 aromatic carbocycles. The van der Waals surface area contributed by atoms with E-state index < -0.39 is 6.04 Å². The SMILES string of the molecule is Cc1ccc(C(CC(=O)OC(C)C)NC(=O)c2ccc(-c3nc(C)no3)cc2)cc1. The van der Waals surface area contributed by atoms with Gasteiger partial charge in [0.2, 0.25) is 0 Å². The van der Waals surface area contributed by atoms with Crippen LogP contribution in [0.2, 0.25) is 0 Å². The molecule has 0 saturated heterocycles. The molecule has 1 N–H and O–H groups in total. The van der Waals surface area contributed by atoms with Gasteiger partial charge >= 0.3 is 5.97 Å². The van der Waals surface area contributed by atoms with Crippen LogP contribution in [0.15, 0.2) is 53.1 Å². The third-order valence-electron chi connectivity index (χ3n) is 4.44. The summed E-state index contributed by atoms with van der Waals surface area (Å²) in [5, 5.41) is 6.71. The maximum Gasteiger partial charge on any atom is 0.308 e. The van der Waals surface area contributed by atoms with Crippen molar-refractivity contribution in [1.82, 2.24) is 15.5 Å². The number of aromatic nitrogens is 2. The second-order valence-corrected chi connectivity index (χ2v) is 7.40. The van der Waals surface area contributed by atoms with E-state index in [-0.39, 0.29) is 24.4 Å². The van der Waals surface area contributed by atoms with Crippen molar-refractivity contribution >= 4 is 11.9 Å². The number of amides is 1. The van der Waals surface area contributed by atoms with Gasteiger partial charge in [-0.05, 0) is 57.5 Å². The lowest BCUT2D eigenvalue weighted by atomic mass is 10.0. The first-order chi connectivity index (χ1) is 14.3. The highest BCUT2D eigenvalue weighted by Gasteiger charge is 2.21. The maximum atomic E-state index is 12.8. The summed E-state index contributed by atoms with van der Waals surface area (Å²) in [4.78, 5) is 29.2. The molecule has 0 spiro atoms. The first-order valence-corrected chi connectivity index (χ1v) is 9.79. The van der Waals surface area contributed by atoms with Crippen LogP contribution in [0.25, 0.3) is 11.5 Å². The van der Waals surface area contributed by atoms with E-state index in [4.69, 9.17) is 9.26 Å². The molecule has 0 saturated carbocycles. The zero-order valence-corrected chi connectivity index (χ0v) is 17.5. The molecule has 0 aliphatic rings. The van der Waals surface area contributed by atoms with Gasteiger partial charge in [-0.15, -0.1) is 0 Å². The summed E-state index contributed by atoms with van der Waals surface area (Å²) < 4.78 is 10.4. The van der Waals surface area contributed by atoms with Gasteiger partial charge in [0.05, 0.1) is 18.6 Å². The molecule has 3 rings (SSSR count). The van der Waals surface area contributed by atoms with Crippen molar-refractivity contribution in [2.24, 2.45) is 0 Å². The lowest BCUT2D eigenvalue weighted by molar-refractivity contribution is -0.147. The molecule has 1 atom stereocenters. The predicted molar refractivity (Wildman–Crippen MR) is 112 cm³/mol. The summed E-state index contributed by atoms with van der Waals surface area (Å²) in [5.74, 6) is 0.290. The Labute approximate surface area is 175 Å². The minimum absolute atomic E-state index is 0.0479. The van der Waals surface area contributed by atoms with Crippen molar-refractivity contribution in [2.75, 3.05) is 0 Å². The van der Waals surface area contributed by atoms with E-state index in [9.17, 15) is 9.59 Å².